The van der Waals surface area contributed by atoms with Gasteiger partial charge in [0.05, 0.1) is 13.2 Å². The zero-order chi connectivity index (χ0) is 21.5. The van der Waals surface area contributed by atoms with E-state index < -0.39 is 36.4 Å². The van der Waals surface area contributed by atoms with Gasteiger partial charge in [0.2, 0.25) is 5.91 Å². The molecule has 0 aromatic heterocycles. The lowest BCUT2D eigenvalue weighted by Crippen LogP contribution is -2.71. The number of β-lactam (4-membered cyclic amide) rings is 1. The highest BCUT2D eigenvalue weighted by molar-refractivity contribution is 5.96. The summed E-state index contributed by atoms with van der Waals surface area (Å²) in [5.74, 6) is -0.882. The first-order chi connectivity index (χ1) is 14.5. The van der Waals surface area contributed by atoms with E-state index in [-0.39, 0.29) is 6.61 Å². The number of carboxylic acids is 1. The van der Waals surface area contributed by atoms with E-state index in [1.54, 1.807) is 49.6 Å². The van der Waals surface area contributed by atoms with Crippen LogP contribution in [-0.4, -0.2) is 60.1 Å². The molecule has 0 saturated carbocycles. The van der Waals surface area contributed by atoms with Crippen LogP contribution < -0.4 is 14.8 Å². The van der Waals surface area contributed by atoms with Gasteiger partial charge in [-0.3, -0.25) is 14.4 Å². The highest BCUT2D eigenvalue weighted by Gasteiger charge is 2.47. The summed E-state index contributed by atoms with van der Waals surface area (Å²) >= 11 is 0. The van der Waals surface area contributed by atoms with Crippen LogP contribution >= 0.6 is 0 Å². The number of likely N-dealkylation sites (tertiary alicyclic amines) is 1. The number of carbonyl (C=O) groups excluding carboxylic acids is 2. The van der Waals surface area contributed by atoms with Gasteiger partial charge in [-0.2, -0.15) is 0 Å². The zero-order valence-electron chi connectivity index (χ0n) is 16.4. The highest BCUT2D eigenvalue weighted by Crippen LogP contribution is 2.25. The minimum Gasteiger partial charge on any atom is -0.496 e. The second-order valence-corrected chi connectivity index (χ2v) is 6.60. The molecule has 8 nitrogen and oxygen atoms in total. The van der Waals surface area contributed by atoms with Gasteiger partial charge in [-0.1, -0.05) is 48.6 Å². The van der Waals surface area contributed by atoms with Crippen molar-refractivity contribution >= 4 is 23.9 Å². The van der Waals surface area contributed by atoms with Gasteiger partial charge in [-0.15, -0.1) is 0 Å². The predicted octanol–water partition coefficient (Wildman–Crippen LogP) is 1.57. The number of nitrogens with zero attached hydrogens (tertiary/aromatic N) is 1. The summed E-state index contributed by atoms with van der Waals surface area (Å²) in [6, 6.07) is 14.7. The Kier molecular flexibility index (Phi) is 6.69. The molecule has 0 spiro atoms. The van der Waals surface area contributed by atoms with Crippen molar-refractivity contribution in [3.8, 4) is 11.5 Å². The molecule has 1 aliphatic rings. The van der Waals surface area contributed by atoms with E-state index in [0.29, 0.717) is 11.5 Å². The Hall–Kier alpha value is -3.81. The molecule has 0 radical (unpaired) electrons. The van der Waals surface area contributed by atoms with Crippen LogP contribution in [0.15, 0.2) is 60.7 Å². The Balaban J connectivity index is 1.68. The highest BCUT2D eigenvalue weighted by atomic mass is 16.5. The van der Waals surface area contributed by atoms with E-state index in [4.69, 9.17) is 14.6 Å². The second-order valence-electron chi connectivity index (χ2n) is 6.60. The first-order valence-corrected chi connectivity index (χ1v) is 9.30. The standard InChI is InChI=1S/C22H22N2O6/c1-29-18-10-6-5-7-15(18)11-12-17-21(22(28)24(17)13-20(26)27)23-19(25)14-30-16-8-3-2-4-9-16/h2-12,17,21H,13-14H2,1H3,(H,23,25)(H,26,27)/b12-11+/t17-,21+/m1/s1. The number of nitrogens with one attached hydrogen (secondary N) is 1. The molecule has 3 rings (SSSR count). The van der Waals surface area contributed by atoms with Crippen LogP contribution in [0.3, 0.4) is 0 Å². The predicted molar refractivity (Wildman–Crippen MR) is 109 cm³/mol. The number of methoxy groups -OCH3 is 1. The van der Waals surface area contributed by atoms with E-state index in [0.717, 1.165) is 5.56 Å². The monoisotopic (exact) mass is 410 g/mol. The number of ether oxygens (including phenoxy) is 2. The van der Waals surface area contributed by atoms with Crippen LogP contribution in [0.1, 0.15) is 5.56 Å². The van der Waals surface area contributed by atoms with Crippen LogP contribution in [0.25, 0.3) is 6.08 Å². The summed E-state index contributed by atoms with van der Waals surface area (Å²) in [6.45, 7) is -0.706. The summed E-state index contributed by atoms with van der Waals surface area (Å²) in [5, 5.41) is 11.7. The van der Waals surface area contributed by atoms with E-state index in [2.05, 4.69) is 5.32 Å². The molecule has 0 unspecified atom stereocenters. The Morgan fingerprint density at radius 2 is 1.83 bits per heavy atom. The number of carboxylic acid groups (broad SMARTS) is 1. The zero-order valence-corrected chi connectivity index (χ0v) is 16.4. The summed E-state index contributed by atoms with van der Waals surface area (Å²) in [7, 11) is 1.55. The van der Waals surface area contributed by atoms with Crippen LogP contribution in [0.5, 0.6) is 11.5 Å². The molecule has 0 bridgehead atoms. The van der Waals surface area contributed by atoms with E-state index in [9.17, 15) is 14.4 Å². The van der Waals surface area contributed by atoms with Gasteiger partial charge in [0, 0.05) is 5.56 Å². The molecular formula is C22H22N2O6. The third kappa shape index (κ3) is 4.96. The van der Waals surface area contributed by atoms with Gasteiger partial charge in [0.15, 0.2) is 6.61 Å². The minimum atomic E-state index is -1.13. The molecule has 1 saturated heterocycles. The molecule has 2 atom stereocenters. The summed E-state index contributed by atoms with van der Waals surface area (Å²) in [6.07, 6.45) is 3.43. The van der Waals surface area contributed by atoms with Crippen molar-refractivity contribution in [1.29, 1.82) is 0 Å². The molecule has 2 amide bonds. The van der Waals surface area contributed by atoms with Crippen LogP contribution in [-0.2, 0) is 14.4 Å². The van der Waals surface area contributed by atoms with Gasteiger partial charge < -0.3 is 24.8 Å². The Morgan fingerprint density at radius 1 is 1.13 bits per heavy atom. The SMILES string of the molecule is COc1ccccc1/C=C/[C@@H]1[C@H](NC(=O)COc2ccccc2)C(=O)N1CC(=O)O. The molecular weight excluding hydrogens is 388 g/mol. The molecule has 1 fully saturated rings. The van der Waals surface area contributed by atoms with Crippen LogP contribution in [0.4, 0.5) is 0 Å². The fraction of sp³-hybridized carbons (Fsp3) is 0.227. The lowest BCUT2D eigenvalue weighted by atomic mass is 9.93. The molecule has 30 heavy (non-hydrogen) atoms. The van der Waals surface area contributed by atoms with Gasteiger partial charge in [-0.05, 0) is 18.2 Å². The quantitative estimate of drug-likeness (QED) is 0.608. The van der Waals surface area contributed by atoms with E-state index >= 15 is 0 Å². The second kappa shape index (κ2) is 9.60. The average Bonchev–Trinajstić information content (AvgIpc) is 2.76. The van der Waals surface area contributed by atoms with Crippen molar-refractivity contribution < 1.29 is 29.0 Å². The molecule has 2 N–H and O–H groups in total. The lowest BCUT2D eigenvalue weighted by molar-refractivity contribution is -0.157. The van der Waals surface area contributed by atoms with Gasteiger partial charge in [0.25, 0.3) is 5.91 Å². The van der Waals surface area contributed by atoms with Gasteiger partial charge in [-0.25, -0.2) is 0 Å². The maximum atomic E-state index is 12.4. The number of benzene rings is 2. The number of rotatable bonds is 9. The number of para-hydroxylation sites is 2. The molecule has 1 aliphatic heterocycles. The average molecular weight is 410 g/mol. The van der Waals surface area contributed by atoms with Crippen molar-refractivity contribution in [1.82, 2.24) is 10.2 Å². The fourth-order valence-corrected chi connectivity index (χ4v) is 3.15. The molecule has 0 aliphatic carbocycles. The number of hydrogen-bond donors (Lipinski definition) is 2. The maximum absolute atomic E-state index is 12.4. The maximum Gasteiger partial charge on any atom is 0.323 e. The molecule has 2 aromatic rings. The van der Waals surface area contributed by atoms with Gasteiger partial charge in [0.1, 0.15) is 24.1 Å². The molecule has 1 heterocycles. The van der Waals surface area contributed by atoms with Gasteiger partial charge >= 0.3 is 5.97 Å². The van der Waals surface area contributed by atoms with Crippen molar-refractivity contribution in [2.24, 2.45) is 0 Å². The fourth-order valence-electron chi connectivity index (χ4n) is 3.15. The first kappa shape index (κ1) is 20.9. The summed E-state index contributed by atoms with van der Waals surface area (Å²) in [4.78, 5) is 37.0. The summed E-state index contributed by atoms with van der Waals surface area (Å²) < 4.78 is 10.7. The lowest BCUT2D eigenvalue weighted by Gasteiger charge is -2.45. The molecule has 8 heteroatoms. The number of aliphatic carboxylic acids is 1. The normalized spacial score (nSPS) is 18.0. The Bertz CT molecular complexity index is 944. The van der Waals surface area contributed by atoms with Crippen LogP contribution in [0.2, 0.25) is 0 Å². The van der Waals surface area contributed by atoms with Crippen molar-refractivity contribution in [3.63, 3.8) is 0 Å². The van der Waals surface area contributed by atoms with Crippen molar-refractivity contribution in [3.05, 3.63) is 66.2 Å². The van der Waals surface area contributed by atoms with Crippen molar-refractivity contribution in [2.75, 3.05) is 20.3 Å². The largest absolute Gasteiger partial charge is 0.496 e. The van der Waals surface area contributed by atoms with Crippen LogP contribution in [0, 0.1) is 0 Å². The number of hydrogen-bond acceptors (Lipinski definition) is 5. The Morgan fingerprint density at radius 3 is 2.53 bits per heavy atom. The van der Waals surface area contributed by atoms with E-state index in [1.165, 1.54) is 4.90 Å². The molecule has 2 aromatic carbocycles. The molecule has 156 valence electrons. The number of amides is 2. The first-order valence-electron chi connectivity index (χ1n) is 9.30. The minimum absolute atomic E-state index is 0.254. The number of carbonyl (C=O) groups is 3. The third-order valence-electron chi connectivity index (χ3n) is 4.60. The van der Waals surface area contributed by atoms with E-state index in [1.807, 2.05) is 24.3 Å². The smallest absolute Gasteiger partial charge is 0.323 e. The Labute approximate surface area is 173 Å². The van der Waals surface area contributed by atoms with Crippen molar-refractivity contribution in [2.45, 2.75) is 12.1 Å². The third-order valence-corrected chi connectivity index (χ3v) is 4.60. The topological polar surface area (TPSA) is 105 Å². The summed E-state index contributed by atoms with van der Waals surface area (Å²) in [5.41, 5.74) is 0.770.